The Balaban J connectivity index is 2.15. The van der Waals surface area contributed by atoms with E-state index < -0.39 is 23.2 Å². The largest absolute Gasteiger partial charge is 0.497 e. The number of benzene rings is 2. The lowest BCUT2D eigenvalue weighted by Gasteiger charge is -2.32. The SMILES string of the molecule is COC(=O)C1(C)C(=O)Nc2ccc(Cl)cc2CC1c1ccc(OC)cc1. The van der Waals surface area contributed by atoms with Crippen molar-refractivity contribution in [2.24, 2.45) is 5.41 Å². The first-order valence-electron chi connectivity index (χ1n) is 8.22. The van der Waals surface area contributed by atoms with Crippen LogP contribution in [0.5, 0.6) is 5.75 Å². The van der Waals surface area contributed by atoms with Crippen LogP contribution in [-0.4, -0.2) is 26.1 Å². The molecule has 2 aromatic carbocycles. The average molecular weight is 374 g/mol. The van der Waals surface area contributed by atoms with Crippen LogP contribution in [0.1, 0.15) is 24.0 Å². The van der Waals surface area contributed by atoms with Gasteiger partial charge in [0.1, 0.15) is 5.75 Å². The molecule has 0 aliphatic carbocycles. The Kier molecular flexibility index (Phi) is 4.92. The first kappa shape index (κ1) is 18.3. The number of anilines is 1. The van der Waals surface area contributed by atoms with Crippen molar-refractivity contribution in [3.63, 3.8) is 0 Å². The van der Waals surface area contributed by atoms with Gasteiger partial charge in [0.05, 0.1) is 14.2 Å². The minimum absolute atomic E-state index is 0.397. The molecule has 3 rings (SSSR count). The van der Waals surface area contributed by atoms with Gasteiger partial charge in [-0.1, -0.05) is 23.7 Å². The molecule has 6 heteroatoms. The molecule has 1 aliphatic rings. The van der Waals surface area contributed by atoms with Gasteiger partial charge in [0.2, 0.25) is 5.91 Å². The summed E-state index contributed by atoms with van der Waals surface area (Å²) in [6.45, 7) is 1.62. The number of hydrogen-bond acceptors (Lipinski definition) is 4. The molecule has 26 heavy (non-hydrogen) atoms. The van der Waals surface area contributed by atoms with Crippen molar-refractivity contribution in [2.75, 3.05) is 19.5 Å². The number of amides is 1. The number of carbonyl (C=O) groups excluding carboxylic acids is 2. The highest BCUT2D eigenvalue weighted by molar-refractivity contribution is 6.30. The smallest absolute Gasteiger partial charge is 0.321 e. The van der Waals surface area contributed by atoms with Crippen LogP contribution in [0.4, 0.5) is 5.69 Å². The van der Waals surface area contributed by atoms with Gasteiger partial charge in [-0.2, -0.15) is 0 Å². The minimum atomic E-state index is -1.38. The van der Waals surface area contributed by atoms with Crippen LogP contribution >= 0.6 is 11.6 Å². The molecule has 1 heterocycles. The Morgan fingerprint density at radius 1 is 1.19 bits per heavy atom. The van der Waals surface area contributed by atoms with E-state index >= 15 is 0 Å². The second kappa shape index (κ2) is 7.00. The summed E-state index contributed by atoms with van der Waals surface area (Å²) in [6.07, 6.45) is 0.465. The monoisotopic (exact) mass is 373 g/mol. The Labute approximate surface area is 157 Å². The quantitative estimate of drug-likeness (QED) is 0.656. The molecule has 0 aromatic heterocycles. The number of carbonyl (C=O) groups is 2. The summed E-state index contributed by atoms with van der Waals surface area (Å²) >= 11 is 6.14. The maximum Gasteiger partial charge on any atom is 0.321 e. The molecule has 2 atom stereocenters. The summed E-state index contributed by atoms with van der Waals surface area (Å²) in [4.78, 5) is 25.7. The molecule has 5 nitrogen and oxygen atoms in total. The highest BCUT2D eigenvalue weighted by atomic mass is 35.5. The predicted octanol–water partition coefficient (Wildman–Crippen LogP) is 3.81. The Morgan fingerprint density at radius 2 is 1.88 bits per heavy atom. The topological polar surface area (TPSA) is 64.6 Å². The first-order chi connectivity index (χ1) is 12.4. The maximum atomic E-state index is 13.0. The second-order valence-electron chi connectivity index (χ2n) is 6.48. The van der Waals surface area contributed by atoms with Gasteiger partial charge in [-0.3, -0.25) is 9.59 Å². The average Bonchev–Trinajstić information content (AvgIpc) is 2.76. The van der Waals surface area contributed by atoms with Crippen molar-refractivity contribution in [3.05, 3.63) is 58.6 Å². The number of hydrogen-bond donors (Lipinski definition) is 1. The molecule has 1 aliphatic heterocycles. The minimum Gasteiger partial charge on any atom is -0.497 e. The van der Waals surface area contributed by atoms with Gasteiger partial charge < -0.3 is 14.8 Å². The zero-order valence-corrected chi connectivity index (χ0v) is 15.6. The molecule has 0 saturated carbocycles. The highest BCUT2D eigenvalue weighted by Crippen LogP contribution is 2.44. The van der Waals surface area contributed by atoms with Crippen molar-refractivity contribution in [2.45, 2.75) is 19.3 Å². The normalized spacial score (nSPS) is 22.0. The number of esters is 1. The molecule has 2 unspecified atom stereocenters. The first-order valence-corrected chi connectivity index (χ1v) is 8.60. The van der Waals surface area contributed by atoms with Crippen LogP contribution in [0.3, 0.4) is 0 Å². The third-order valence-corrected chi connectivity index (χ3v) is 5.27. The molecule has 0 bridgehead atoms. The zero-order valence-electron chi connectivity index (χ0n) is 14.8. The van der Waals surface area contributed by atoms with E-state index in [-0.39, 0.29) is 0 Å². The molecule has 0 saturated heterocycles. The molecule has 2 aromatic rings. The van der Waals surface area contributed by atoms with Crippen molar-refractivity contribution in [3.8, 4) is 5.75 Å². The number of halogens is 1. The Hall–Kier alpha value is -2.53. The van der Waals surface area contributed by atoms with Crippen molar-refractivity contribution in [1.29, 1.82) is 0 Å². The van der Waals surface area contributed by atoms with Gasteiger partial charge in [0, 0.05) is 16.6 Å². The van der Waals surface area contributed by atoms with Crippen molar-refractivity contribution < 1.29 is 19.1 Å². The summed E-state index contributed by atoms with van der Waals surface area (Å²) < 4.78 is 10.2. The summed E-state index contributed by atoms with van der Waals surface area (Å²) in [7, 11) is 2.88. The molecule has 0 spiro atoms. The summed E-state index contributed by atoms with van der Waals surface area (Å²) in [5.74, 6) is -0.684. The van der Waals surface area contributed by atoms with Crippen LogP contribution in [0.2, 0.25) is 5.02 Å². The van der Waals surface area contributed by atoms with Crippen LogP contribution in [0, 0.1) is 5.41 Å². The molecule has 1 N–H and O–H groups in total. The van der Waals surface area contributed by atoms with Gasteiger partial charge in [-0.05, 0) is 54.8 Å². The van der Waals surface area contributed by atoms with E-state index in [4.69, 9.17) is 21.1 Å². The summed E-state index contributed by atoms with van der Waals surface area (Å²) in [6, 6.07) is 12.6. The fourth-order valence-corrected chi connectivity index (χ4v) is 3.62. The van der Waals surface area contributed by atoms with Gasteiger partial charge in [-0.15, -0.1) is 0 Å². The van der Waals surface area contributed by atoms with Gasteiger partial charge >= 0.3 is 5.97 Å². The van der Waals surface area contributed by atoms with Crippen molar-refractivity contribution >= 4 is 29.2 Å². The van der Waals surface area contributed by atoms with Crippen LogP contribution in [-0.2, 0) is 20.7 Å². The van der Waals surface area contributed by atoms with Crippen LogP contribution in [0.25, 0.3) is 0 Å². The Morgan fingerprint density at radius 3 is 2.50 bits per heavy atom. The molecule has 136 valence electrons. The van der Waals surface area contributed by atoms with E-state index in [9.17, 15) is 9.59 Å². The lowest BCUT2D eigenvalue weighted by Crippen LogP contribution is -2.45. The lowest BCUT2D eigenvalue weighted by molar-refractivity contribution is -0.157. The third kappa shape index (κ3) is 3.03. The van der Waals surface area contributed by atoms with Gasteiger partial charge in [-0.25, -0.2) is 0 Å². The summed E-state index contributed by atoms with van der Waals surface area (Å²) in [5, 5.41) is 3.43. The molecule has 0 fully saturated rings. The molecule has 0 radical (unpaired) electrons. The number of ether oxygens (including phenoxy) is 2. The van der Waals surface area contributed by atoms with Gasteiger partial charge in [0.15, 0.2) is 5.41 Å². The molecule has 1 amide bonds. The third-order valence-electron chi connectivity index (χ3n) is 5.04. The van der Waals surface area contributed by atoms with Crippen molar-refractivity contribution in [1.82, 2.24) is 0 Å². The summed E-state index contributed by atoms with van der Waals surface area (Å²) in [5.41, 5.74) is 1.00. The number of fused-ring (bicyclic) bond motifs is 1. The fraction of sp³-hybridized carbons (Fsp3) is 0.300. The van der Waals surface area contributed by atoms with E-state index in [0.29, 0.717) is 22.9 Å². The van der Waals surface area contributed by atoms with E-state index in [1.54, 1.807) is 26.2 Å². The number of methoxy groups -OCH3 is 2. The van der Waals surface area contributed by atoms with E-state index in [0.717, 1.165) is 11.1 Å². The van der Waals surface area contributed by atoms with Crippen LogP contribution in [0.15, 0.2) is 42.5 Å². The number of nitrogens with one attached hydrogen (secondary N) is 1. The van der Waals surface area contributed by atoms with E-state index in [1.165, 1.54) is 7.11 Å². The number of rotatable bonds is 3. The second-order valence-corrected chi connectivity index (χ2v) is 6.92. The maximum absolute atomic E-state index is 13.0. The molecular weight excluding hydrogens is 354 g/mol. The predicted molar refractivity (Wildman–Crippen MR) is 99.6 cm³/mol. The standard InChI is InChI=1S/C20H20ClNO4/c1-20(19(24)26-3)16(12-4-7-15(25-2)8-5-12)11-13-10-14(21)6-9-17(13)22-18(20)23/h4-10,16H,11H2,1-3H3,(H,22,23). The zero-order chi connectivity index (χ0) is 18.9. The molecular formula is C20H20ClNO4. The van der Waals surface area contributed by atoms with E-state index in [1.807, 2.05) is 30.3 Å². The van der Waals surface area contributed by atoms with Gasteiger partial charge in [0.25, 0.3) is 0 Å². The fourth-order valence-electron chi connectivity index (χ4n) is 3.42. The Bertz CT molecular complexity index is 849. The van der Waals surface area contributed by atoms with Crippen LogP contribution < -0.4 is 10.1 Å². The lowest BCUT2D eigenvalue weighted by atomic mass is 9.70. The highest BCUT2D eigenvalue weighted by Gasteiger charge is 2.51. The van der Waals surface area contributed by atoms with E-state index in [2.05, 4.69) is 5.32 Å².